The van der Waals surface area contributed by atoms with Gasteiger partial charge in [0.2, 0.25) is 5.72 Å². The number of hydrogen-bond acceptors (Lipinski definition) is 7. The Bertz CT molecular complexity index is 1460. The molecular weight excluding hydrogens is 468 g/mol. The van der Waals surface area contributed by atoms with Crippen molar-refractivity contribution >= 4 is 22.3 Å². The lowest BCUT2D eigenvalue weighted by Crippen LogP contribution is -2.58. The molecule has 192 valence electrons. The van der Waals surface area contributed by atoms with Gasteiger partial charge >= 0.3 is 0 Å². The van der Waals surface area contributed by atoms with E-state index < -0.39 is 17.4 Å². The maximum Gasteiger partial charge on any atom is 0.258 e. The van der Waals surface area contributed by atoms with Gasteiger partial charge in [0.15, 0.2) is 5.76 Å². The number of aromatic nitrogens is 1. The van der Waals surface area contributed by atoms with E-state index in [0.29, 0.717) is 33.5 Å². The molecule has 4 aliphatic heterocycles. The van der Waals surface area contributed by atoms with Crippen molar-refractivity contribution in [1.82, 2.24) is 14.9 Å². The molecule has 3 aromatic rings. The van der Waals surface area contributed by atoms with Crippen LogP contribution in [0.1, 0.15) is 48.9 Å². The molecule has 0 spiro atoms. The van der Waals surface area contributed by atoms with Crippen LogP contribution in [0, 0.1) is 5.92 Å². The minimum absolute atomic E-state index is 0.0394. The number of benzene rings is 2. The van der Waals surface area contributed by atoms with Crippen molar-refractivity contribution in [2.75, 3.05) is 18.4 Å². The molecule has 2 saturated heterocycles. The number of anilines is 1. The fourth-order valence-corrected chi connectivity index (χ4v) is 7.38. The van der Waals surface area contributed by atoms with Crippen LogP contribution < -0.4 is 5.32 Å². The molecule has 37 heavy (non-hydrogen) atoms. The first-order valence-corrected chi connectivity index (χ1v) is 13.1. The van der Waals surface area contributed by atoms with Gasteiger partial charge < -0.3 is 25.6 Å². The van der Waals surface area contributed by atoms with E-state index in [2.05, 4.69) is 45.5 Å². The summed E-state index contributed by atoms with van der Waals surface area (Å²) in [4.78, 5) is 5.76. The number of aliphatic hydroxyl groups excluding tert-OH is 2. The quantitative estimate of drug-likeness (QED) is 0.281. The second-order valence-electron chi connectivity index (χ2n) is 10.9. The molecule has 4 aliphatic rings. The van der Waals surface area contributed by atoms with Crippen LogP contribution in [0.3, 0.4) is 0 Å². The van der Waals surface area contributed by atoms with E-state index in [0.717, 1.165) is 25.9 Å². The van der Waals surface area contributed by atoms with E-state index in [4.69, 9.17) is 0 Å². The molecule has 0 amide bonds. The minimum atomic E-state index is -1.94. The van der Waals surface area contributed by atoms with E-state index in [1.807, 2.05) is 31.2 Å². The molecule has 5 heterocycles. The summed E-state index contributed by atoms with van der Waals surface area (Å²) in [5.74, 6) is -0.780. The summed E-state index contributed by atoms with van der Waals surface area (Å²) in [7, 11) is 0. The van der Waals surface area contributed by atoms with Crippen molar-refractivity contribution in [3.63, 3.8) is 0 Å². The van der Waals surface area contributed by atoms with Crippen LogP contribution in [-0.2, 0) is 5.72 Å². The molecule has 8 heteroatoms. The highest BCUT2D eigenvalue weighted by molar-refractivity contribution is 5.93. The van der Waals surface area contributed by atoms with Gasteiger partial charge in [-0.25, -0.2) is 0 Å². The summed E-state index contributed by atoms with van der Waals surface area (Å²) in [6.07, 6.45) is 4.20. The Hall–Kier alpha value is -3.46. The van der Waals surface area contributed by atoms with Crippen molar-refractivity contribution in [3.05, 3.63) is 82.9 Å². The average Bonchev–Trinajstić information content (AvgIpc) is 3.50. The number of hydrogen-bond donors (Lipinski definition) is 6. The smallest absolute Gasteiger partial charge is 0.258 e. The third-order valence-corrected chi connectivity index (χ3v) is 9.17. The molecule has 8 nitrogen and oxygen atoms in total. The topological polar surface area (TPSA) is 115 Å². The number of hydroxylamine groups is 2. The van der Waals surface area contributed by atoms with Gasteiger partial charge in [-0.2, -0.15) is 5.06 Å². The standard InChI is InChI=1S/C29H32N4O4/c1-2-16-15-32-12-11-19-18-7-3-5-9-21(18)30-25(19)23(32)13-17(16)14-29(36)27-24(26(34)28(35)33(29)37)20-8-4-6-10-22(20)31-27/h2-10,17,19,23,25,30-31,34-37H,11-15H2,1H3/b16-2-. The van der Waals surface area contributed by atoms with E-state index in [1.165, 1.54) is 16.8 Å². The van der Waals surface area contributed by atoms with Crippen LogP contribution in [0.2, 0.25) is 0 Å². The van der Waals surface area contributed by atoms with E-state index >= 15 is 0 Å². The normalized spacial score (nSPS) is 32.2. The van der Waals surface area contributed by atoms with Crippen LogP contribution >= 0.6 is 0 Å². The van der Waals surface area contributed by atoms with Crippen molar-refractivity contribution in [2.45, 2.75) is 49.9 Å². The highest BCUT2D eigenvalue weighted by Crippen LogP contribution is 2.50. The number of aliphatic hydroxyl groups is 3. The van der Waals surface area contributed by atoms with Crippen LogP contribution in [0.5, 0.6) is 0 Å². The third kappa shape index (κ3) is 3.13. The fraction of sp³-hybridized carbons (Fsp3) is 0.379. The molecule has 2 fully saturated rings. The predicted molar refractivity (Wildman–Crippen MR) is 141 cm³/mol. The van der Waals surface area contributed by atoms with Crippen molar-refractivity contribution in [3.8, 4) is 0 Å². The number of para-hydroxylation sites is 2. The number of nitrogens with one attached hydrogen (secondary N) is 2. The lowest BCUT2D eigenvalue weighted by molar-refractivity contribution is -0.276. The van der Waals surface area contributed by atoms with Gasteiger partial charge in [-0.3, -0.25) is 10.1 Å². The van der Waals surface area contributed by atoms with E-state index in [-0.39, 0.29) is 24.1 Å². The number of piperidine rings is 2. The molecule has 2 aromatic carbocycles. The molecular formula is C29H32N4O4. The molecule has 0 aliphatic carbocycles. The summed E-state index contributed by atoms with van der Waals surface area (Å²) in [6, 6.07) is 16.5. The lowest BCUT2D eigenvalue weighted by Gasteiger charge is -2.50. The van der Waals surface area contributed by atoms with Gasteiger partial charge in [0.05, 0.1) is 11.3 Å². The summed E-state index contributed by atoms with van der Waals surface area (Å²) in [6.45, 7) is 3.85. The van der Waals surface area contributed by atoms with Crippen LogP contribution in [0.4, 0.5) is 5.69 Å². The van der Waals surface area contributed by atoms with Gasteiger partial charge in [-0.15, -0.1) is 0 Å². The number of nitrogens with zero attached hydrogens (tertiary/aromatic N) is 2. The second-order valence-corrected chi connectivity index (χ2v) is 10.9. The zero-order valence-corrected chi connectivity index (χ0v) is 20.7. The van der Waals surface area contributed by atoms with Crippen LogP contribution in [-0.4, -0.2) is 60.6 Å². The second kappa shape index (κ2) is 8.02. The Kier molecular flexibility index (Phi) is 4.92. The molecule has 0 saturated carbocycles. The molecule has 5 unspecified atom stereocenters. The molecule has 0 bridgehead atoms. The summed E-state index contributed by atoms with van der Waals surface area (Å²) < 4.78 is 0. The maximum atomic E-state index is 12.1. The Morgan fingerprint density at radius 3 is 2.73 bits per heavy atom. The zero-order valence-electron chi connectivity index (χ0n) is 20.7. The van der Waals surface area contributed by atoms with Gasteiger partial charge in [0, 0.05) is 47.6 Å². The predicted octanol–water partition coefficient (Wildman–Crippen LogP) is 4.77. The Labute approximate surface area is 215 Å². The van der Waals surface area contributed by atoms with Gasteiger partial charge in [0.25, 0.3) is 5.88 Å². The lowest BCUT2D eigenvalue weighted by atomic mass is 9.73. The van der Waals surface area contributed by atoms with Gasteiger partial charge in [-0.1, -0.05) is 48.0 Å². The SMILES string of the molecule is C/C=C1/CN2CCC3c4ccccc4NC3C2CC1CC1(O)c2[nH]c3ccccc3c2C(O)=C(O)N1O. The minimum Gasteiger partial charge on any atom is -0.503 e. The highest BCUT2D eigenvalue weighted by Gasteiger charge is 2.52. The number of allylic oxidation sites excluding steroid dienone is 1. The fourth-order valence-electron chi connectivity index (χ4n) is 7.38. The Balaban J connectivity index is 1.25. The molecule has 1 aromatic heterocycles. The number of fused-ring (bicyclic) bond motifs is 8. The first kappa shape index (κ1) is 22.7. The van der Waals surface area contributed by atoms with E-state index in [1.54, 1.807) is 0 Å². The monoisotopic (exact) mass is 500 g/mol. The number of aromatic amines is 1. The zero-order chi connectivity index (χ0) is 25.5. The highest BCUT2D eigenvalue weighted by atomic mass is 16.6. The maximum absolute atomic E-state index is 12.1. The number of rotatable bonds is 2. The van der Waals surface area contributed by atoms with Crippen molar-refractivity contribution < 1.29 is 20.5 Å². The molecule has 5 atom stereocenters. The van der Waals surface area contributed by atoms with Crippen molar-refractivity contribution in [1.29, 1.82) is 0 Å². The van der Waals surface area contributed by atoms with E-state index in [9.17, 15) is 20.5 Å². The number of H-pyrrole nitrogens is 1. The first-order chi connectivity index (χ1) is 17.9. The summed E-state index contributed by atoms with van der Waals surface area (Å²) >= 11 is 0. The van der Waals surface area contributed by atoms with Gasteiger partial charge in [0.1, 0.15) is 0 Å². The van der Waals surface area contributed by atoms with Gasteiger partial charge in [-0.05, 0) is 49.9 Å². The average molecular weight is 501 g/mol. The van der Waals surface area contributed by atoms with Crippen LogP contribution in [0.25, 0.3) is 16.7 Å². The summed E-state index contributed by atoms with van der Waals surface area (Å²) in [5, 5.41) is 49.3. The Morgan fingerprint density at radius 1 is 1.11 bits per heavy atom. The Morgan fingerprint density at radius 2 is 1.89 bits per heavy atom. The molecule has 0 radical (unpaired) electrons. The molecule has 6 N–H and O–H groups in total. The molecule has 7 rings (SSSR count). The van der Waals surface area contributed by atoms with Crippen LogP contribution in [0.15, 0.2) is 66.1 Å². The first-order valence-electron chi connectivity index (χ1n) is 13.1. The summed E-state index contributed by atoms with van der Waals surface area (Å²) in [5.41, 5.74) is 3.21. The largest absolute Gasteiger partial charge is 0.503 e. The van der Waals surface area contributed by atoms with Crippen molar-refractivity contribution in [2.24, 2.45) is 5.92 Å². The third-order valence-electron chi connectivity index (χ3n) is 9.17.